The van der Waals surface area contributed by atoms with Crippen molar-refractivity contribution in [2.24, 2.45) is 0 Å². The third-order valence-corrected chi connectivity index (χ3v) is 13.3. The van der Waals surface area contributed by atoms with Gasteiger partial charge in [-0.05, 0) is 38.5 Å². The predicted octanol–water partition coefficient (Wildman–Crippen LogP) is 13.4. The van der Waals surface area contributed by atoms with Gasteiger partial charge in [0.25, 0.3) is 0 Å². The minimum atomic E-state index is -0.640. The number of hydrogen-bond acceptors (Lipinski definition) is 7. The summed E-state index contributed by atoms with van der Waals surface area (Å²) >= 11 is 0. The molecule has 1 rings (SSSR count). The Kier molecular flexibility index (Phi) is 39.3. The number of β-amino-alcohol motifs (C(OH)–C–C–N with tert-alkyl or cyclic N) is 1. The Hall–Kier alpha value is -1.22. The fourth-order valence-electron chi connectivity index (χ4n) is 9.27. The lowest BCUT2D eigenvalue weighted by molar-refractivity contribution is -0.168. The monoisotopic (exact) mass is 865 g/mol. The number of rotatable bonds is 45. The maximum atomic E-state index is 14.0. The second-order valence-electron chi connectivity index (χ2n) is 19.4. The van der Waals surface area contributed by atoms with Gasteiger partial charge in [0.15, 0.2) is 0 Å². The van der Waals surface area contributed by atoms with Crippen molar-refractivity contribution in [3.8, 4) is 0 Å². The van der Waals surface area contributed by atoms with E-state index < -0.39 is 24.4 Å². The molecule has 1 aliphatic heterocycles. The highest BCUT2D eigenvalue weighted by Crippen LogP contribution is 2.24. The van der Waals surface area contributed by atoms with Gasteiger partial charge in [-0.3, -0.25) is 14.5 Å². The van der Waals surface area contributed by atoms with E-state index in [1.54, 1.807) is 4.90 Å². The molecule has 5 unspecified atom stereocenters. The van der Waals surface area contributed by atoms with E-state index in [9.17, 15) is 24.9 Å². The highest BCUT2D eigenvalue weighted by atomic mass is 16.5. The Morgan fingerprint density at radius 3 is 1.26 bits per heavy atom. The maximum absolute atomic E-state index is 14.0. The minimum absolute atomic E-state index is 0.127. The highest BCUT2D eigenvalue weighted by molar-refractivity contribution is 5.80. The lowest BCUT2D eigenvalue weighted by Gasteiger charge is -2.39. The number of aliphatic hydroxyl groups excluding tert-OH is 3. The average Bonchev–Trinajstić information content (AvgIpc) is 3.24. The van der Waals surface area contributed by atoms with Crippen molar-refractivity contribution in [2.45, 2.75) is 302 Å². The SMILES string of the molecule is CCCCCCCCCCC(O)CN(CC(O)CCCCCCCCCC)C(=O)CCC1C(=O)OC(CCCCCCCCCC)CN1CC(O)CCCCCCCCCC. The van der Waals surface area contributed by atoms with E-state index >= 15 is 0 Å². The highest BCUT2D eigenvalue weighted by Gasteiger charge is 2.37. The van der Waals surface area contributed by atoms with Crippen LogP contribution in [0.1, 0.15) is 272 Å². The molecular weight excluding hydrogens is 761 g/mol. The van der Waals surface area contributed by atoms with E-state index in [1.165, 1.54) is 154 Å². The largest absolute Gasteiger partial charge is 0.460 e. The number of unbranched alkanes of at least 4 members (excludes halogenated alkanes) is 28. The van der Waals surface area contributed by atoms with Crippen LogP contribution < -0.4 is 0 Å². The van der Waals surface area contributed by atoms with Gasteiger partial charge in [-0.15, -0.1) is 0 Å². The minimum Gasteiger partial charge on any atom is -0.460 e. The number of amides is 1. The molecule has 8 heteroatoms. The molecule has 0 spiro atoms. The summed E-state index contributed by atoms with van der Waals surface area (Å²) in [6, 6.07) is -0.585. The number of nitrogens with zero attached hydrogens (tertiary/aromatic N) is 2. The molecule has 1 heterocycles. The Labute approximate surface area is 378 Å². The lowest BCUT2D eigenvalue weighted by atomic mass is 10.0. The molecule has 1 saturated heterocycles. The second kappa shape index (κ2) is 41.5. The van der Waals surface area contributed by atoms with E-state index in [-0.39, 0.29) is 37.5 Å². The summed E-state index contributed by atoms with van der Waals surface area (Å²) in [5.41, 5.74) is 0. The topological polar surface area (TPSA) is 111 Å². The summed E-state index contributed by atoms with van der Waals surface area (Å²) in [6.07, 6.45) is 40.0. The number of carbonyl (C=O) groups excluding carboxylic acids is 2. The first-order valence-electron chi connectivity index (χ1n) is 27.0. The van der Waals surface area contributed by atoms with Crippen LogP contribution in [0.3, 0.4) is 0 Å². The Morgan fingerprint density at radius 2 is 0.869 bits per heavy atom. The Bertz CT molecular complexity index is 952. The molecule has 0 aromatic carbocycles. The molecule has 0 saturated carbocycles. The summed E-state index contributed by atoms with van der Waals surface area (Å²) in [5.74, 6) is -0.405. The number of cyclic esters (lactones) is 1. The van der Waals surface area contributed by atoms with Crippen molar-refractivity contribution in [2.75, 3.05) is 26.2 Å². The van der Waals surface area contributed by atoms with Gasteiger partial charge >= 0.3 is 5.97 Å². The van der Waals surface area contributed by atoms with Gasteiger partial charge in [-0.2, -0.15) is 0 Å². The molecule has 8 nitrogen and oxygen atoms in total. The third kappa shape index (κ3) is 33.0. The van der Waals surface area contributed by atoms with E-state index in [2.05, 4.69) is 32.6 Å². The van der Waals surface area contributed by atoms with Crippen molar-refractivity contribution in [1.29, 1.82) is 0 Å². The molecule has 5 atom stereocenters. The molecule has 1 amide bonds. The number of carbonyl (C=O) groups is 2. The summed E-state index contributed by atoms with van der Waals surface area (Å²) in [4.78, 5) is 31.5. The zero-order valence-corrected chi connectivity index (χ0v) is 41.0. The first kappa shape index (κ1) is 57.8. The number of hydrogen-bond donors (Lipinski definition) is 3. The number of morpholine rings is 1. The van der Waals surface area contributed by atoms with Gasteiger partial charge in [-0.1, -0.05) is 227 Å². The van der Waals surface area contributed by atoms with Gasteiger partial charge in [-0.25, -0.2) is 0 Å². The fourth-order valence-corrected chi connectivity index (χ4v) is 9.27. The van der Waals surface area contributed by atoms with E-state index in [0.717, 1.165) is 64.2 Å². The van der Waals surface area contributed by atoms with Crippen molar-refractivity contribution in [1.82, 2.24) is 9.80 Å². The van der Waals surface area contributed by atoms with E-state index in [0.29, 0.717) is 32.4 Å². The van der Waals surface area contributed by atoms with Crippen LogP contribution in [0.5, 0.6) is 0 Å². The van der Waals surface area contributed by atoms with E-state index in [1.807, 2.05) is 0 Å². The first-order valence-corrected chi connectivity index (χ1v) is 27.0. The Balaban J connectivity index is 2.87. The third-order valence-electron chi connectivity index (χ3n) is 13.3. The van der Waals surface area contributed by atoms with Crippen LogP contribution in [-0.4, -0.2) is 93.6 Å². The summed E-state index contributed by atoms with van der Waals surface area (Å²) in [7, 11) is 0. The van der Waals surface area contributed by atoms with Crippen LogP contribution in [0.2, 0.25) is 0 Å². The summed E-state index contributed by atoms with van der Waals surface area (Å²) in [6.45, 7) is 10.4. The molecule has 0 bridgehead atoms. The van der Waals surface area contributed by atoms with Gasteiger partial charge in [0.1, 0.15) is 12.1 Å². The van der Waals surface area contributed by atoms with Crippen LogP contribution in [0.4, 0.5) is 0 Å². The molecule has 362 valence electrons. The van der Waals surface area contributed by atoms with E-state index in [4.69, 9.17) is 4.74 Å². The number of aliphatic hydroxyl groups is 3. The van der Waals surface area contributed by atoms with Crippen LogP contribution in [0, 0.1) is 0 Å². The molecule has 1 fully saturated rings. The molecule has 61 heavy (non-hydrogen) atoms. The molecule has 1 aliphatic rings. The quantitative estimate of drug-likeness (QED) is 0.0413. The van der Waals surface area contributed by atoms with Crippen LogP contribution in [0.25, 0.3) is 0 Å². The van der Waals surface area contributed by atoms with Crippen molar-refractivity contribution < 1.29 is 29.6 Å². The maximum Gasteiger partial charge on any atom is 0.323 e. The van der Waals surface area contributed by atoms with Crippen molar-refractivity contribution in [3.63, 3.8) is 0 Å². The lowest BCUT2D eigenvalue weighted by Crippen LogP contribution is -2.55. The predicted molar refractivity (Wildman–Crippen MR) is 258 cm³/mol. The zero-order valence-electron chi connectivity index (χ0n) is 41.0. The van der Waals surface area contributed by atoms with Gasteiger partial charge in [0.05, 0.1) is 18.3 Å². The molecule has 3 N–H and O–H groups in total. The van der Waals surface area contributed by atoms with Crippen LogP contribution >= 0.6 is 0 Å². The standard InChI is InChI=1S/C53H104N2O6/c1-5-9-13-17-21-25-29-33-37-47(56)43-54-46-50(40-36-32-28-24-20-16-12-8-4)61-53(60)51(54)41-42-52(59)55(44-48(57)38-34-30-26-22-18-14-10-6-2)45-49(58)39-35-31-27-23-19-15-11-7-3/h47-51,56-58H,5-46H2,1-4H3. The Morgan fingerprint density at radius 1 is 0.525 bits per heavy atom. The van der Waals surface area contributed by atoms with Crippen molar-refractivity contribution in [3.05, 3.63) is 0 Å². The van der Waals surface area contributed by atoms with Gasteiger partial charge in [0.2, 0.25) is 5.91 Å². The molecule has 0 aliphatic carbocycles. The summed E-state index contributed by atoms with van der Waals surface area (Å²) < 4.78 is 6.06. The van der Waals surface area contributed by atoms with Gasteiger partial charge in [0, 0.05) is 32.6 Å². The smallest absolute Gasteiger partial charge is 0.323 e. The number of esters is 1. The van der Waals surface area contributed by atoms with Crippen LogP contribution in [-0.2, 0) is 14.3 Å². The van der Waals surface area contributed by atoms with Gasteiger partial charge < -0.3 is 25.0 Å². The number of ether oxygens (including phenoxy) is 1. The molecule has 0 aromatic heterocycles. The molecule has 0 aromatic rings. The van der Waals surface area contributed by atoms with Crippen molar-refractivity contribution >= 4 is 11.9 Å². The molecular formula is C53H104N2O6. The average molecular weight is 865 g/mol. The molecule has 0 radical (unpaired) electrons. The normalized spacial score (nSPS) is 17.4. The second-order valence-corrected chi connectivity index (χ2v) is 19.4. The first-order chi connectivity index (χ1) is 29.7. The summed E-state index contributed by atoms with van der Waals surface area (Å²) in [5, 5.41) is 33.5. The fraction of sp³-hybridized carbons (Fsp3) is 0.962. The van der Waals surface area contributed by atoms with Crippen LogP contribution in [0.15, 0.2) is 0 Å². The zero-order chi connectivity index (χ0) is 44.6.